The molecular weight excluding hydrogens is 160 g/mol. The average Bonchev–Trinajstić information content (AvgIpc) is 2.00. The highest BCUT2D eigenvalue weighted by Gasteiger charge is 2.08. The molecule has 68 valence electrons. The molecule has 0 N–H and O–H groups in total. The molecule has 0 unspecified atom stereocenters. The van der Waals surface area contributed by atoms with Crippen molar-refractivity contribution in [2.45, 2.75) is 13.8 Å². The molecule has 0 amide bonds. The van der Waals surface area contributed by atoms with Crippen LogP contribution in [-0.4, -0.2) is 25.2 Å². The van der Waals surface area contributed by atoms with Crippen LogP contribution in [0.2, 0.25) is 0 Å². The molecule has 0 aromatic heterocycles. The van der Waals surface area contributed by atoms with Gasteiger partial charge in [-0.25, -0.2) is 4.79 Å². The summed E-state index contributed by atoms with van der Waals surface area (Å²) in [7, 11) is 0. The van der Waals surface area contributed by atoms with Crippen LogP contribution in [0.5, 0.6) is 0 Å². The van der Waals surface area contributed by atoms with E-state index in [2.05, 4.69) is 16.1 Å². The van der Waals surface area contributed by atoms with Crippen LogP contribution in [0.4, 0.5) is 0 Å². The van der Waals surface area contributed by atoms with Crippen LogP contribution in [0.25, 0.3) is 0 Å². The molecule has 0 aliphatic heterocycles. The molecule has 0 radical (unpaired) electrons. The van der Waals surface area contributed by atoms with Crippen LogP contribution < -0.4 is 0 Å². The largest absolute Gasteiger partial charge is 0.463 e. The molecule has 0 rings (SSSR count). The first-order valence-electron chi connectivity index (χ1n) is 3.56. The topological polar surface area (TPSA) is 52.6 Å². The normalized spacial score (nSPS) is 8.83. The van der Waals surface area contributed by atoms with Crippen molar-refractivity contribution in [1.29, 1.82) is 0 Å². The van der Waals surface area contributed by atoms with E-state index < -0.39 is 11.9 Å². The van der Waals surface area contributed by atoms with Crippen LogP contribution in [0.3, 0.4) is 0 Å². The first-order valence-corrected chi connectivity index (χ1v) is 3.56. The fraction of sp³-hybridized carbons (Fsp3) is 0.500. The molecule has 4 nitrogen and oxygen atoms in total. The van der Waals surface area contributed by atoms with Crippen molar-refractivity contribution >= 4 is 11.9 Å². The maximum Gasteiger partial charge on any atom is 0.336 e. The first kappa shape index (κ1) is 10.7. The third kappa shape index (κ3) is 4.49. The molecule has 0 bridgehead atoms. The van der Waals surface area contributed by atoms with E-state index in [1.807, 2.05) is 0 Å². The van der Waals surface area contributed by atoms with E-state index in [1.54, 1.807) is 6.92 Å². The van der Waals surface area contributed by atoms with E-state index in [4.69, 9.17) is 0 Å². The van der Waals surface area contributed by atoms with E-state index in [1.165, 1.54) is 6.92 Å². The van der Waals surface area contributed by atoms with Gasteiger partial charge in [-0.3, -0.25) is 4.79 Å². The second-order valence-electron chi connectivity index (χ2n) is 2.10. The Labute approximate surface area is 71.2 Å². The molecule has 0 atom stereocenters. The first-order chi connectivity index (χ1) is 5.57. The van der Waals surface area contributed by atoms with Crippen molar-refractivity contribution in [1.82, 2.24) is 0 Å². The van der Waals surface area contributed by atoms with E-state index >= 15 is 0 Å². The number of hydrogen-bond acceptors (Lipinski definition) is 4. The van der Waals surface area contributed by atoms with Gasteiger partial charge in [0.2, 0.25) is 0 Å². The number of ether oxygens (including phenoxy) is 2. The summed E-state index contributed by atoms with van der Waals surface area (Å²) in [6.45, 7) is 6.53. The number of esters is 2. The van der Waals surface area contributed by atoms with Crippen molar-refractivity contribution < 1.29 is 19.1 Å². The number of hydrogen-bond donors (Lipinski definition) is 0. The molecule has 0 aromatic carbocycles. The summed E-state index contributed by atoms with van der Waals surface area (Å²) in [5.41, 5.74) is 0.145. The van der Waals surface area contributed by atoms with Gasteiger partial charge in [-0.05, 0) is 6.92 Å². The van der Waals surface area contributed by atoms with Gasteiger partial charge in [0.25, 0.3) is 0 Å². The fourth-order valence-corrected chi connectivity index (χ4v) is 0.481. The number of carbonyl (C=O) groups is 2. The summed E-state index contributed by atoms with van der Waals surface area (Å²) in [4.78, 5) is 21.2. The quantitative estimate of drug-likeness (QED) is 0.462. The monoisotopic (exact) mass is 172 g/mol. The SMILES string of the molecule is C=C(COC(C)=O)C(=O)OCC. The Morgan fingerprint density at radius 3 is 2.33 bits per heavy atom. The van der Waals surface area contributed by atoms with Gasteiger partial charge in [-0.2, -0.15) is 0 Å². The van der Waals surface area contributed by atoms with Crippen molar-refractivity contribution in [2.24, 2.45) is 0 Å². The third-order valence-electron chi connectivity index (χ3n) is 1.01. The van der Waals surface area contributed by atoms with Crippen LogP contribution >= 0.6 is 0 Å². The van der Waals surface area contributed by atoms with Gasteiger partial charge < -0.3 is 9.47 Å². The minimum absolute atomic E-state index is 0.103. The Morgan fingerprint density at radius 2 is 1.92 bits per heavy atom. The second kappa shape index (κ2) is 5.35. The zero-order valence-electron chi connectivity index (χ0n) is 7.25. The van der Waals surface area contributed by atoms with Crippen molar-refractivity contribution in [3.05, 3.63) is 12.2 Å². The van der Waals surface area contributed by atoms with Crippen molar-refractivity contribution in [2.75, 3.05) is 13.2 Å². The van der Waals surface area contributed by atoms with Crippen LogP contribution in [0, 0.1) is 0 Å². The third-order valence-corrected chi connectivity index (χ3v) is 1.01. The molecular formula is C8H12O4. The predicted octanol–water partition coefficient (Wildman–Crippen LogP) is 0.669. The molecule has 0 spiro atoms. The summed E-state index contributed by atoms with van der Waals surface area (Å²) < 4.78 is 9.14. The van der Waals surface area contributed by atoms with E-state index in [-0.39, 0.29) is 18.8 Å². The summed E-state index contributed by atoms with van der Waals surface area (Å²) in [6, 6.07) is 0. The second-order valence-corrected chi connectivity index (χ2v) is 2.10. The highest BCUT2D eigenvalue weighted by molar-refractivity contribution is 5.88. The molecule has 0 fully saturated rings. The van der Waals surface area contributed by atoms with Gasteiger partial charge in [-0.1, -0.05) is 6.58 Å². The summed E-state index contributed by atoms with van der Waals surface area (Å²) in [5, 5.41) is 0. The molecule has 0 heterocycles. The number of rotatable bonds is 4. The Bertz CT molecular complexity index is 195. The molecule has 4 heteroatoms. The Kier molecular flexibility index (Phi) is 4.76. The number of carbonyl (C=O) groups excluding carboxylic acids is 2. The highest BCUT2D eigenvalue weighted by Crippen LogP contribution is 1.95. The predicted molar refractivity (Wildman–Crippen MR) is 42.4 cm³/mol. The zero-order valence-corrected chi connectivity index (χ0v) is 7.25. The van der Waals surface area contributed by atoms with Crippen LogP contribution in [0.15, 0.2) is 12.2 Å². The molecule has 0 aliphatic carbocycles. The molecule has 0 aromatic rings. The lowest BCUT2D eigenvalue weighted by atomic mass is 10.3. The standard InChI is InChI=1S/C8H12O4/c1-4-11-8(10)6(2)5-12-7(3)9/h2,4-5H2,1,3H3. The van der Waals surface area contributed by atoms with E-state index in [0.717, 1.165) is 0 Å². The minimum atomic E-state index is -0.529. The van der Waals surface area contributed by atoms with Gasteiger partial charge >= 0.3 is 11.9 Å². The van der Waals surface area contributed by atoms with Crippen LogP contribution in [-0.2, 0) is 19.1 Å². The molecule has 0 saturated carbocycles. The van der Waals surface area contributed by atoms with Crippen molar-refractivity contribution in [3.63, 3.8) is 0 Å². The molecule has 0 saturated heterocycles. The maximum absolute atomic E-state index is 10.8. The minimum Gasteiger partial charge on any atom is -0.463 e. The lowest BCUT2D eigenvalue weighted by Crippen LogP contribution is -2.13. The summed E-state index contributed by atoms with van der Waals surface area (Å²) >= 11 is 0. The Balaban J connectivity index is 3.72. The van der Waals surface area contributed by atoms with Gasteiger partial charge in [0.15, 0.2) is 0 Å². The van der Waals surface area contributed by atoms with Crippen LogP contribution in [0.1, 0.15) is 13.8 Å². The highest BCUT2D eigenvalue weighted by atomic mass is 16.5. The van der Waals surface area contributed by atoms with Gasteiger partial charge in [0.05, 0.1) is 12.2 Å². The lowest BCUT2D eigenvalue weighted by molar-refractivity contribution is -0.142. The Morgan fingerprint density at radius 1 is 1.33 bits per heavy atom. The van der Waals surface area contributed by atoms with Gasteiger partial charge in [-0.15, -0.1) is 0 Å². The average molecular weight is 172 g/mol. The Hall–Kier alpha value is -1.32. The zero-order chi connectivity index (χ0) is 9.56. The van der Waals surface area contributed by atoms with Gasteiger partial charge in [0, 0.05) is 6.92 Å². The van der Waals surface area contributed by atoms with Crippen molar-refractivity contribution in [3.8, 4) is 0 Å². The smallest absolute Gasteiger partial charge is 0.336 e. The fourth-order valence-electron chi connectivity index (χ4n) is 0.481. The maximum atomic E-state index is 10.8. The lowest BCUT2D eigenvalue weighted by Gasteiger charge is -2.04. The van der Waals surface area contributed by atoms with E-state index in [9.17, 15) is 9.59 Å². The van der Waals surface area contributed by atoms with Gasteiger partial charge in [0.1, 0.15) is 6.61 Å². The molecule has 0 aliphatic rings. The molecule has 12 heavy (non-hydrogen) atoms. The summed E-state index contributed by atoms with van der Waals surface area (Å²) in [6.07, 6.45) is 0. The summed E-state index contributed by atoms with van der Waals surface area (Å²) in [5.74, 6) is -0.973. The van der Waals surface area contributed by atoms with E-state index in [0.29, 0.717) is 0 Å².